The van der Waals surface area contributed by atoms with Crippen LogP contribution in [0.4, 0.5) is 0 Å². The van der Waals surface area contributed by atoms with E-state index in [9.17, 15) is 4.79 Å². The van der Waals surface area contributed by atoms with E-state index in [4.69, 9.17) is 0 Å². The lowest BCUT2D eigenvalue weighted by molar-refractivity contribution is 0.0953. The summed E-state index contributed by atoms with van der Waals surface area (Å²) in [6.07, 6.45) is 1.06. The molecule has 1 amide bonds. The van der Waals surface area contributed by atoms with Gasteiger partial charge in [0.2, 0.25) is 0 Å². The topological polar surface area (TPSA) is 29.1 Å². The molecule has 17 heavy (non-hydrogen) atoms. The van der Waals surface area contributed by atoms with E-state index in [0.29, 0.717) is 22.9 Å². The van der Waals surface area contributed by atoms with Crippen molar-refractivity contribution < 1.29 is 4.79 Å². The van der Waals surface area contributed by atoms with Crippen molar-refractivity contribution >= 4 is 37.8 Å². The Labute approximate surface area is 119 Å². The van der Waals surface area contributed by atoms with Crippen molar-refractivity contribution in [3.05, 3.63) is 34.3 Å². The minimum absolute atomic E-state index is 0.0225. The van der Waals surface area contributed by atoms with Gasteiger partial charge in [-0.05, 0) is 36.6 Å². The van der Waals surface area contributed by atoms with Gasteiger partial charge in [0, 0.05) is 21.4 Å². The van der Waals surface area contributed by atoms with Crippen molar-refractivity contribution in [1.82, 2.24) is 5.32 Å². The zero-order valence-corrected chi connectivity index (χ0v) is 13.2. The summed E-state index contributed by atoms with van der Waals surface area (Å²) in [5.74, 6) is 0.606. The zero-order chi connectivity index (χ0) is 12.8. The quantitative estimate of drug-likeness (QED) is 0.788. The lowest BCUT2D eigenvalue weighted by atomic mass is 10.1. The first-order chi connectivity index (χ1) is 7.99. The molecule has 1 rings (SSSR count). The number of benzene rings is 1. The average Bonchev–Trinajstić information content (AvgIpc) is 2.26. The van der Waals surface area contributed by atoms with Crippen molar-refractivity contribution in [2.45, 2.75) is 25.1 Å². The molecule has 0 aliphatic heterocycles. The minimum Gasteiger partial charge on any atom is -0.351 e. The summed E-state index contributed by atoms with van der Waals surface area (Å²) in [6.45, 7) is 5.00. The number of hydrogen-bond acceptors (Lipinski definition) is 1. The SMILES string of the molecule is CC(C)CC(Br)CNC(=O)c1ccc(Br)cc1. The molecule has 0 heterocycles. The molecular formula is C13H17Br2NO. The predicted octanol–water partition coefficient (Wildman–Crippen LogP) is 3.99. The summed E-state index contributed by atoms with van der Waals surface area (Å²) in [6, 6.07) is 7.36. The van der Waals surface area contributed by atoms with Crippen LogP contribution in [-0.2, 0) is 0 Å². The molecular weight excluding hydrogens is 346 g/mol. The highest BCUT2D eigenvalue weighted by molar-refractivity contribution is 9.10. The number of hydrogen-bond donors (Lipinski definition) is 1. The Balaban J connectivity index is 2.42. The van der Waals surface area contributed by atoms with Crippen LogP contribution in [0.5, 0.6) is 0 Å². The first kappa shape index (κ1) is 14.7. The summed E-state index contributed by atoms with van der Waals surface area (Å²) < 4.78 is 0.979. The smallest absolute Gasteiger partial charge is 0.251 e. The lowest BCUT2D eigenvalue weighted by Gasteiger charge is -2.13. The molecule has 0 saturated carbocycles. The summed E-state index contributed by atoms with van der Waals surface area (Å²) in [4.78, 5) is 12.1. The molecule has 1 N–H and O–H groups in total. The Morgan fingerprint density at radius 1 is 1.29 bits per heavy atom. The van der Waals surface area contributed by atoms with Crippen LogP contribution < -0.4 is 5.32 Å². The molecule has 0 radical (unpaired) electrons. The van der Waals surface area contributed by atoms with E-state index in [1.165, 1.54) is 0 Å². The van der Waals surface area contributed by atoms with Gasteiger partial charge >= 0.3 is 0 Å². The van der Waals surface area contributed by atoms with E-state index in [0.717, 1.165) is 10.9 Å². The van der Waals surface area contributed by atoms with Crippen LogP contribution >= 0.6 is 31.9 Å². The van der Waals surface area contributed by atoms with Gasteiger partial charge in [0.15, 0.2) is 0 Å². The maximum atomic E-state index is 11.8. The molecule has 4 heteroatoms. The Bertz CT molecular complexity index is 362. The van der Waals surface area contributed by atoms with Gasteiger partial charge in [-0.1, -0.05) is 45.7 Å². The van der Waals surface area contributed by atoms with Crippen LogP contribution in [0.3, 0.4) is 0 Å². The standard InChI is InChI=1S/C13H17Br2NO/c1-9(2)7-12(15)8-16-13(17)10-3-5-11(14)6-4-10/h3-6,9,12H,7-8H2,1-2H3,(H,16,17). The maximum absolute atomic E-state index is 11.8. The molecule has 0 spiro atoms. The third-order valence-electron chi connectivity index (χ3n) is 2.32. The molecule has 0 fully saturated rings. The first-order valence-corrected chi connectivity index (χ1v) is 7.37. The highest BCUT2D eigenvalue weighted by Gasteiger charge is 2.10. The van der Waals surface area contributed by atoms with Gasteiger partial charge in [0.05, 0.1) is 0 Å². The van der Waals surface area contributed by atoms with E-state index in [2.05, 4.69) is 51.0 Å². The van der Waals surface area contributed by atoms with Crippen molar-refractivity contribution in [2.24, 2.45) is 5.92 Å². The largest absolute Gasteiger partial charge is 0.351 e. The third-order valence-corrected chi connectivity index (χ3v) is 3.54. The number of alkyl halides is 1. The van der Waals surface area contributed by atoms with Crippen molar-refractivity contribution in [3.8, 4) is 0 Å². The molecule has 1 atom stereocenters. The van der Waals surface area contributed by atoms with E-state index in [1.807, 2.05) is 24.3 Å². The van der Waals surface area contributed by atoms with Crippen molar-refractivity contribution in [1.29, 1.82) is 0 Å². The number of carbonyl (C=O) groups excluding carboxylic acids is 1. The fourth-order valence-electron chi connectivity index (χ4n) is 1.50. The normalized spacial score (nSPS) is 12.5. The molecule has 94 valence electrons. The minimum atomic E-state index is -0.0225. The lowest BCUT2D eigenvalue weighted by Crippen LogP contribution is -2.30. The average molecular weight is 363 g/mol. The summed E-state index contributed by atoms with van der Waals surface area (Å²) in [7, 11) is 0. The van der Waals surface area contributed by atoms with Gasteiger partial charge in [0.1, 0.15) is 0 Å². The fraction of sp³-hybridized carbons (Fsp3) is 0.462. The van der Waals surface area contributed by atoms with E-state index in [1.54, 1.807) is 0 Å². The molecule has 0 aromatic heterocycles. The van der Waals surface area contributed by atoms with E-state index in [-0.39, 0.29) is 5.91 Å². The van der Waals surface area contributed by atoms with Crippen LogP contribution in [-0.4, -0.2) is 17.3 Å². The van der Waals surface area contributed by atoms with Crippen LogP contribution in [0.1, 0.15) is 30.6 Å². The predicted molar refractivity (Wildman–Crippen MR) is 78.6 cm³/mol. The van der Waals surface area contributed by atoms with Crippen LogP contribution in [0.25, 0.3) is 0 Å². The maximum Gasteiger partial charge on any atom is 0.251 e. The Morgan fingerprint density at radius 2 is 1.88 bits per heavy atom. The second-order valence-electron chi connectivity index (χ2n) is 4.44. The highest BCUT2D eigenvalue weighted by atomic mass is 79.9. The number of amides is 1. The fourth-order valence-corrected chi connectivity index (χ4v) is 2.68. The van der Waals surface area contributed by atoms with Crippen LogP contribution in [0.15, 0.2) is 28.7 Å². The van der Waals surface area contributed by atoms with Gasteiger partial charge in [-0.3, -0.25) is 4.79 Å². The zero-order valence-electron chi connectivity index (χ0n) is 10.0. The molecule has 0 aliphatic carbocycles. The molecule has 1 aromatic rings. The number of nitrogens with one attached hydrogen (secondary N) is 1. The van der Waals surface area contributed by atoms with Crippen molar-refractivity contribution in [3.63, 3.8) is 0 Å². The van der Waals surface area contributed by atoms with Gasteiger partial charge in [-0.15, -0.1) is 0 Å². The first-order valence-electron chi connectivity index (χ1n) is 5.67. The second kappa shape index (κ2) is 7.17. The van der Waals surface area contributed by atoms with Crippen LogP contribution in [0, 0.1) is 5.92 Å². The molecule has 0 saturated heterocycles. The molecule has 2 nitrogen and oxygen atoms in total. The third kappa shape index (κ3) is 5.68. The number of carbonyl (C=O) groups is 1. The van der Waals surface area contributed by atoms with E-state index >= 15 is 0 Å². The van der Waals surface area contributed by atoms with Crippen molar-refractivity contribution in [2.75, 3.05) is 6.54 Å². The Hall–Kier alpha value is -0.350. The molecule has 0 aliphatic rings. The summed E-state index contributed by atoms with van der Waals surface area (Å²) in [5.41, 5.74) is 0.692. The Kier molecular flexibility index (Phi) is 6.20. The summed E-state index contributed by atoms with van der Waals surface area (Å²) >= 11 is 6.91. The van der Waals surface area contributed by atoms with Gasteiger partial charge in [-0.2, -0.15) is 0 Å². The Morgan fingerprint density at radius 3 is 2.41 bits per heavy atom. The highest BCUT2D eigenvalue weighted by Crippen LogP contribution is 2.13. The van der Waals surface area contributed by atoms with Gasteiger partial charge in [0.25, 0.3) is 5.91 Å². The number of rotatable bonds is 5. The van der Waals surface area contributed by atoms with Gasteiger partial charge in [-0.25, -0.2) is 0 Å². The van der Waals surface area contributed by atoms with Gasteiger partial charge < -0.3 is 5.32 Å². The molecule has 1 unspecified atom stereocenters. The number of halogens is 2. The molecule has 0 bridgehead atoms. The molecule has 1 aromatic carbocycles. The monoisotopic (exact) mass is 361 g/mol. The second-order valence-corrected chi connectivity index (χ2v) is 6.65. The van der Waals surface area contributed by atoms with Crippen LogP contribution in [0.2, 0.25) is 0 Å². The summed E-state index contributed by atoms with van der Waals surface area (Å²) in [5, 5.41) is 2.92. The van der Waals surface area contributed by atoms with E-state index < -0.39 is 0 Å².